The van der Waals surface area contributed by atoms with Gasteiger partial charge in [-0.1, -0.05) is 0 Å². The van der Waals surface area contributed by atoms with Gasteiger partial charge >= 0.3 is 0 Å². The van der Waals surface area contributed by atoms with E-state index in [1.807, 2.05) is 0 Å². The number of carbonyl (C=O) groups excluding carboxylic acids is 2. The standard InChI is InChI=1S/2C21H39N7O12.3H2O4S.H2O/c2*1-5-21(36,4-30)16(40-17-9(26-2)13(34)10(31)6(3-29)38-17)18(37-5)39-15-8(28-20(24)25)11(32)7(27-19(22)23)12(33)14(15)35;3*1-5(2,3)4;/h2*4-18,26,29,31-36H,3H2,1-2H3,(H4,22,23,27)(H4,24,25,28);3*(H2,1,2,3,4);1H2/p-6/t2*5-,6-,7+,8-,9-,10-,11+,12-,13-,14+,15+,16-,17-,18-,21+;;;;/m00..../s1. The third kappa shape index (κ3) is 24.1. The van der Waals surface area contributed by atoms with Gasteiger partial charge in [0.05, 0.1) is 37.5 Å². The molecule has 51 nitrogen and oxygen atoms in total. The fourth-order valence-electron chi connectivity index (χ4n) is 10.2. The highest BCUT2D eigenvalue weighted by molar-refractivity contribution is 7.80. The van der Waals surface area contributed by atoms with Crippen LogP contribution >= 0.6 is 0 Å². The molecule has 0 aromatic carbocycles. The number of nitrogens with two attached hydrogens (primary N) is 8. The van der Waals surface area contributed by atoms with E-state index in [9.17, 15) is 81.1 Å². The number of aliphatic hydroxyl groups excluding tert-OH is 12. The molecule has 0 unspecified atom stereocenters. The number of guanidine groups is 4. The van der Waals surface area contributed by atoms with E-state index in [-0.39, 0.29) is 18.0 Å². The Labute approximate surface area is 543 Å². The van der Waals surface area contributed by atoms with Gasteiger partial charge in [0.15, 0.2) is 72.8 Å². The van der Waals surface area contributed by atoms with Crippen LogP contribution in [-0.2, 0) is 78.7 Å². The Hall–Kier alpha value is -4.97. The molecule has 96 heavy (non-hydrogen) atoms. The first-order chi connectivity index (χ1) is 43.4. The van der Waals surface area contributed by atoms with E-state index in [0.29, 0.717) is 0 Å². The van der Waals surface area contributed by atoms with Crippen molar-refractivity contribution >= 4 is 67.6 Å². The minimum atomic E-state index is -5.17. The number of hydrogen-bond donors (Lipinski definition) is 24. The summed E-state index contributed by atoms with van der Waals surface area (Å²) in [5.41, 5.74) is 38.8. The number of aliphatic hydroxyl groups is 14. The van der Waals surface area contributed by atoms with Crippen LogP contribution in [0.15, 0.2) is 20.0 Å². The third-order valence-corrected chi connectivity index (χ3v) is 14.7. The fourth-order valence-corrected chi connectivity index (χ4v) is 10.2. The van der Waals surface area contributed by atoms with E-state index in [1.165, 1.54) is 27.9 Å². The predicted molar refractivity (Wildman–Crippen MR) is 301 cm³/mol. The fraction of sp³-hybridized carbons (Fsp3) is 0.857. The molecule has 0 spiro atoms. The van der Waals surface area contributed by atoms with Crippen molar-refractivity contribution in [1.29, 1.82) is 0 Å². The van der Waals surface area contributed by atoms with Crippen molar-refractivity contribution < 1.29 is 177 Å². The van der Waals surface area contributed by atoms with Crippen LogP contribution in [0.3, 0.4) is 0 Å². The Morgan fingerprint density at radius 3 is 0.906 bits per heavy atom. The molecular formula is C42H80N14O37S3-6. The quantitative estimate of drug-likeness (QED) is 0.0199. The molecule has 4 heterocycles. The summed E-state index contributed by atoms with van der Waals surface area (Å²) in [5.74, 6) is -2.07. The van der Waals surface area contributed by atoms with Crippen LogP contribution < -0.4 is 56.5 Å². The molecule has 564 valence electrons. The van der Waals surface area contributed by atoms with E-state index >= 15 is 0 Å². The molecule has 0 aromatic rings. The summed E-state index contributed by atoms with van der Waals surface area (Å²) < 4.78 is 148. The second-order valence-electron chi connectivity index (χ2n) is 21.0. The van der Waals surface area contributed by atoms with Gasteiger partial charge < -0.3 is 199 Å². The lowest BCUT2D eigenvalue weighted by Gasteiger charge is -2.45. The average molecular weight is 1470 g/mol. The molecule has 2 saturated carbocycles. The zero-order chi connectivity index (χ0) is 73.7. The van der Waals surface area contributed by atoms with Crippen LogP contribution in [0.1, 0.15) is 13.8 Å². The lowest BCUT2D eigenvalue weighted by molar-refractivity contribution is -0.314. The highest BCUT2D eigenvalue weighted by Crippen LogP contribution is 2.41. The normalized spacial score (nSPS) is 41.3. The van der Waals surface area contributed by atoms with Crippen LogP contribution in [0, 0.1) is 0 Å². The molecule has 0 aromatic heterocycles. The van der Waals surface area contributed by atoms with Crippen LogP contribution in [0.25, 0.3) is 0 Å². The van der Waals surface area contributed by atoms with Gasteiger partial charge in [-0.05, 0) is 27.9 Å². The predicted octanol–water partition coefficient (Wildman–Crippen LogP) is -21.2. The van der Waals surface area contributed by atoms with E-state index in [0.717, 1.165) is 0 Å². The molecule has 30 atom stereocenters. The van der Waals surface area contributed by atoms with Gasteiger partial charge in [-0.3, -0.25) is 34.8 Å². The van der Waals surface area contributed by atoms with Crippen molar-refractivity contribution in [1.82, 2.24) is 10.6 Å². The molecule has 6 aliphatic rings. The Balaban J connectivity index is 0.000000783. The van der Waals surface area contributed by atoms with Crippen molar-refractivity contribution in [2.45, 2.75) is 196 Å². The zero-order valence-corrected chi connectivity index (χ0v) is 52.6. The van der Waals surface area contributed by atoms with Crippen molar-refractivity contribution in [3.8, 4) is 0 Å². The first-order valence-corrected chi connectivity index (χ1v) is 30.8. The molecule has 34 N–H and O–H groups in total. The average Bonchev–Trinajstić information content (AvgIpc) is 1.51. The second kappa shape index (κ2) is 36.9. The lowest BCUT2D eigenvalue weighted by Crippen LogP contribution is -2.66. The summed E-state index contributed by atoms with van der Waals surface area (Å²) in [5, 5.41) is 153. The summed E-state index contributed by atoms with van der Waals surface area (Å²) in [4.78, 5) is 39.4. The van der Waals surface area contributed by atoms with Gasteiger partial charge in [0, 0.05) is 31.2 Å². The molecule has 4 saturated heterocycles. The van der Waals surface area contributed by atoms with Crippen LogP contribution in [0.4, 0.5) is 0 Å². The number of nitrogens with one attached hydrogen (secondary N) is 2. The van der Waals surface area contributed by atoms with Crippen molar-refractivity contribution in [2.24, 2.45) is 65.8 Å². The van der Waals surface area contributed by atoms with Crippen LogP contribution in [0.2, 0.25) is 0 Å². The number of nitrogens with zero attached hydrogens (tertiary/aromatic N) is 4. The van der Waals surface area contributed by atoms with Gasteiger partial charge in [0.25, 0.3) is 0 Å². The zero-order valence-electron chi connectivity index (χ0n) is 50.1. The second-order valence-corrected chi connectivity index (χ2v) is 23.5. The molecule has 0 amide bonds. The summed E-state index contributed by atoms with van der Waals surface area (Å²) in [7, 11) is -12.7. The maximum atomic E-state index is 12.1. The number of rotatable bonds is 18. The highest BCUT2D eigenvalue weighted by atomic mass is 32.3. The Kier molecular flexibility index (Phi) is 34.2. The molecule has 0 radical (unpaired) electrons. The van der Waals surface area contributed by atoms with Crippen molar-refractivity contribution in [3.05, 3.63) is 0 Å². The topological polar surface area (TPSA) is 945 Å². The monoisotopic (exact) mass is 1470 g/mol. The molecular weight excluding hydrogens is 1390 g/mol. The van der Waals surface area contributed by atoms with Crippen LogP contribution in [0.5, 0.6) is 0 Å². The van der Waals surface area contributed by atoms with Gasteiger partial charge in [-0.2, -0.15) is 0 Å². The number of carbonyl (C=O) groups is 2. The van der Waals surface area contributed by atoms with Gasteiger partial charge in [-0.25, -0.2) is 20.0 Å². The van der Waals surface area contributed by atoms with Crippen molar-refractivity contribution in [3.63, 3.8) is 0 Å². The molecule has 6 rings (SSSR count). The Morgan fingerprint density at radius 1 is 0.438 bits per heavy atom. The third-order valence-electron chi connectivity index (χ3n) is 14.7. The molecule has 4 aliphatic heterocycles. The number of aliphatic imine (C=N–C) groups is 4. The van der Waals surface area contributed by atoms with E-state index in [2.05, 4.69) is 30.6 Å². The first-order valence-electron chi connectivity index (χ1n) is 26.8. The van der Waals surface area contributed by atoms with Gasteiger partial charge in [-0.15, -0.1) is 0 Å². The molecule has 0 bridgehead atoms. The van der Waals surface area contributed by atoms with E-state index in [4.69, 9.17) is 136 Å². The molecule has 6 fully saturated rings. The van der Waals surface area contributed by atoms with E-state index < -0.39 is 251 Å². The summed E-state index contributed by atoms with van der Waals surface area (Å²) in [6, 6.07) is -8.16. The maximum Gasteiger partial charge on any atom is 0.188 e. The molecule has 2 aliphatic carbocycles. The highest BCUT2D eigenvalue weighted by Gasteiger charge is 2.63. The minimum absolute atomic E-state index is 0. The van der Waals surface area contributed by atoms with E-state index in [1.54, 1.807) is 0 Å². The minimum Gasteiger partial charge on any atom is -0.759 e. The van der Waals surface area contributed by atoms with Gasteiger partial charge in [0.1, 0.15) is 122 Å². The maximum absolute atomic E-state index is 12.1. The Bertz CT molecular complexity index is 2690. The Morgan fingerprint density at radius 2 is 0.688 bits per heavy atom. The number of ether oxygens (including phenoxy) is 8. The first kappa shape index (κ1) is 89.0. The van der Waals surface area contributed by atoms with Gasteiger partial charge in [0.2, 0.25) is 0 Å². The molecule has 54 heteroatoms. The lowest BCUT2D eigenvalue weighted by atomic mass is 9.81. The number of aldehydes is 2. The largest absolute Gasteiger partial charge is 0.759 e. The SMILES string of the molecule is CN[C@@H]1[C@H](O[C@H]2[C@H](O[C@H]3[C@H](O)[C@@H](O)[C@H](N=C(N)N)[C@@H](O)[C@@H]3N=C(N)N)O[C@@H](C)[C@]2(O)C=O)O[C@@H](CO)[C@H](O)[C@H]1O.CN[C@@H]1[C@H](O[C@H]2[C@H](O[C@H]3[C@H](O)[C@@H](O)[C@H](N=C(N)N)[C@@H](O)[C@@H]3N=C(N)N)O[C@@H](C)[C@]2(O)C=O)O[C@@H](CO)[C@H](O)[C@H]1O.O.O=S(=O)([O-])[O-].O=S(=O)([O-])[O-].O=S(=O)([O-])[O-]. The van der Waals surface area contributed by atoms with Crippen LogP contribution in [-0.4, -0.2) is 376 Å². The summed E-state index contributed by atoms with van der Waals surface area (Å²) >= 11 is 0. The summed E-state index contributed by atoms with van der Waals surface area (Å²) in [6.45, 7) is 1.24. The summed E-state index contributed by atoms with van der Waals surface area (Å²) in [6.07, 6.45) is -34.6. The number of likely N-dealkylation sites (N-methyl/N-ethyl adjacent to an activating group) is 2. The smallest absolute Gasteiger partial charge is 0.188 e. The number of hydrogen-bond acceptors (Lipinski definition) is 42. The van der Waals surface area contributed by atoms with Crippen molar-refractivity contribution in [2.75, 3.05) is 27.3 Å².